The highest BCUT2D eigenvalue weighted by Gasteiger charge is 2.40. The average Bonchev–Trinajstić information content (AvgIpc) is 2.29. The Morgan fingerprint density at radius 2 is 1.82 bits per heavy atom. The smallest absolute Gasteiger partial charge is 0.321 e. The first kappa shape index (κ1) is 16.2. The van der Waals surface area contributed by atoms with Crippen molar-refractivity contribution in [1.29, 1.82) is 0 Å². The monoisotopic (exact) mass is 264 g/mol. The molecule has 17 heavy (non-hydrogen) atoms. The number of carbonyl (C=O) groups is 2. The zero-order valence-electron chi connectivity index (χ0n) is 10.6. The number of piperazine rings is 1. The van der Waals surface area contributed by atoms with E-state index in [9.17, 15) is 9.59 Å². The number of nitrogens with one attached hydrogen (secondary N) is 1. The SMILES string of the molecule is CCOC(=O)C(C)(C)C(=O)N1CCNCC1.Cl. The van der Waals surface area contributed by atoms with Gasteiger partial charge in [0.1, 0.15) is 5.41 Å². The van der Waals surface area contributed by atoms with Crippen molar-refractivity contribution in [2.45, 2.75) is 20.8 Å². The van der Waals surface area contributed by atoms with Gasteiger partial charge in [0.05, 0.1) is 6.61 Å². The van der Waals surface area contributed by atoms with Crippen LogP contribution in [0.2, 0.25) is 0 Å². The summed E-state index contributed by atoms with van der Waals surface area (Å²) in [5, 5.41) is 3.17. The quantitative estimate of drug-likeness (QED) is 0.593. The van der Waals surface area contributed by atoms with E-state index in [2.05, 4.69) is 5.32 Å². The summed E-state index contributed by atoms with van der Waals surface area (Å²) in [5.41, 5.74) is -1.08. The van der Waals surface area contributed by atoms with Crippen LogP contribution in [0.25, 0.3) is 0 Å². The van der Waals surface area contributed by atoms with Gasteiger partial charge >= 0.3 is 5.97 Å². The van der Waals surface area contributed by atoms with Gasteiger partial charge in [-0.15, -0.1) is 12.4 Å². The fourth-order valence-corrected chi connectivity index (χ4v) is 1.66. The van der Waals surface area contributed by atoms with Crippen LogP contribution in [-0.4, -0.2) is 49.6 Å². The molecule has 0 saturated carbocycles. The van der Waals surface area contributed by atoms with Crippen LogP contribution in [-0.2, 0) is 14.3 Å². The summed E-state index contributed by atoms with van der Waals surface area (Å²) >= 11 is 0. The standard InChI is InChI=1S/C11H20N2O3.ClH/c1-4-16-10(15)11(2,3)9(14)13-7-5-12-6-8-13;/h12H,4-8H2,1-3H3;1H. The van der Waals surface area contributed by atoms with E-state index in [1.165, 1.54) is 0 Å². The molecule has 0 spiro atoms. The maximum absolute atomic E-state index is 12.1. The molecule has 0 aromatic carbocycles. The molecular formula is C11H21ClN2O3. The normalized spacial score (nSPS) is 16.1. The van der Waals surface area contributed by atoms with Crippen LogP contribution in [0.4, 0.5) is 0 Å². The number of esters is 1. The molecule has 0 unspecified atom stereocenters. The van der Waals surface area contributed by atoms with Gasteiger partial charge in [-0.3, -0.25) is 9.59 Å². The second-order valence-corrected chi connectivity index (χ2v) is 4.39. The molecular weight excluding hydrogens is 244 g/mol. The van der Waals surface area contributed by atoms with Gasteiger partial charge in [-0.25, -0.2) is 0 Å². The summed E-state index contributed by atoms with van der Waals surface area (Å²) in [7, 11) is 0. The summed E-state index contributed by atoms with van der Waals surface area (Å²) in [5.74, 6) is -0.592. The van der Waals surface area contributed by atoms with Crippen LogP contribution in [0, 0.1) is 5.41 Å². The molecule has 0 bridgehead atoms. The van der Waals surface area contributed by atoms with E-state index in [1.807, 2.05) is 0 Å². The fraction of sp³-hybridized carbons (Fsp3) is 0.818. The molecule has 0 aromatic heterocycles. The third kappa shape index (κ3) is 3.85. The Hall–Kier alpha value is -0.810. The Morgan fingerprint density at radius 3 is 2.29 bits per heavy atom. The van der Waals surface area contributed by atoms with E-state index in [-0.39, 0.29) is 18.3 Å². The lowest BCUT2D eigenvalue weighted by atomic mass is 9.91. The number of ether oxygens (including phenoxy) is 1. The van der Waals surface area contributed by atoms with Gasteiger partial charge in [0.2, 0.25) is 5.91 Å². The van der Waals surface area contributed by atoms with E-state index < -0.39 is 11.4 Å². The van der Waals surface area contributed by atoms with Crippen LogP contribution < -0.4 is 5.32 Å². The predicted molar refractivity (Wildman–Crippen MR) is 67.1 cm³/mol. The molecule has 0 radical (unpaired) electrons. The minimum absolute atomic E-state index is 0. The van der Waals surface area contributed by atoms with Crippen molar-refractivity contribution in [1.82, 2.24) is 10.2 Å². The summed E-state index contributed by atoms with van der Waals surface area (Å²) < 4.78 is 4.92. The predicted octanol–water partition coefficient (Wildman–Crippen LogP) is 0.429. The van der Waals surface area contributed by atoms with Crippen LogP contribution in [0.3, 0.4) is 0 Å². The van der Waals surface area contributed by atoms with E-state index in [0.717, 1.165) is 13.1 Å². The molecule has 1 saturated heterocycles. The number of halogens is 1. The van der Waals surface area contributed by atoms with Crippen LogP contribution in [0.5, 0.6) is 0 Å². The van der Waals surface area contributed by atoms with Crippen molar-refractivity contribution in [3.8, 4) is 0 Å². The molecule has 1 N–H and O–H groups in total. The fourth-order valence-electron chi connectivity index (χ4n) is 1.66. The second-order valence-electron chi connectivity index (χ2n) is 4.39. The van der Waals surface area contributed by atoms with Crippen molar-refractivity contribution in [3.63, 3.8) is 0 Å². The molecule has 0 aromatic rings. The Labute approximate surface area is 108 Å². The highest BCUT2D eigenvalue weighted by atomic mass is 35.5. The largest absolute Gasteiger partial charge is 0.465 e. The lowest BCUT2D eigenvalue weighted by Gasteiger charge is -2.33. The van der Waals surface area contributed by atoms with E-state index >= 15 is 0 Å². The molecule has 0 aliphatic carbocycles. The molecule has 1 aliphatic heterocycles. The summed E-state index contributed by atoms with van der Waals surface area (Å²) in [6.45, 7) is 8.16. The minimum Gasteiger partial charge on any atom is -0.465 e. The summed E-state index contributed by atoms with van der Waals surface area (Å²) in [6, 6.07) is 0. The third-order valence-electron chi connectivity index (χ3n) is 2.72. The second kappa shape index (κ2) is 6.81. The average molecular weight is 265 g/mol. The van der Waals surface area contributed by atoms with Gasteiger partial charge in [-0.1, -0.05) is 0 Å². The van der Waals surface area contributed by atoms with Gasteiger partial charge in [-0.2, -0.15) is 0 Å². The Kier molecular flexibility index (Phi) is 6.49. The molecule has 100 valence electrons. The lowest BCUT2D eigenvalue weighted by Crippen LogP contribution is -2.52. The lowest BCUT2D eigenvalue weighted by molar-refractivity contribution is -0.162. The van der Waals surface area contributed by atoms with E-state index in [0.29, 0.717) is 19.7 Å². The maximum atomic E-state index is 12.1. The zero-order valence-corrected chi connectivity index (χ0v) is 11.4. The molecule has 5 nitrogen and oxygen atoms in total. The molecule has 6 heteroatoms. The van der Waals surface area contributed by atoms with Gasteiger partial charge in [0.15, 0.2) is 0 Å². The van der Waals surface area contributed by atoms with Crippen LogP contribution in [0.1, 0.15) is 20.8 Å². The summed E-state index contributed by atoms with van der Waals surface area (Å²) in [6.07, 6.45) is 0. The third-order valence-corrected chi connectivity index (χ3v) is 2.72. The maximum Gasteiger partial charge on any atom is 0.321 e. The van der Waals surface area contributed by atoms with E-state index in [1.54, 1.807) is 25.7 Å². The van der Waals surface area contributed by atoms with Gasteiger partial charge in [0, 0.05) is 26.2 Å². The number of hydrogen-bond acceptors (Lipinski definition) is 4. The van der Waals surface area contributed by atoms with Crippen LogP contribution >= 0.6 is 12.4 Å². The molecule has 1 heterocycles. The zero-order chi connectivity index (χ0) is 12.2. The van der Waals surface area contributed by atoms with Crippen molar-refractivity contribution >= 4 is 24.3 Å². The number of nitrogens with zero attached hydrogens (tertiary/aromatic N) is 1. The number of carbonyl (C=O) groups excluding carboxylic acids is 2. The van der Waals surface area contributed by atoms with E-state index in [4.69, 9.17) is 4.74 Å². The first-order valence-electron chi connectivity index (χ1n) is 5.67. The minimum atomic E-state index is -1.08. The Morgan fingerprint density at radius 1 is 1.29 bits per heavy atom. The number of rotatable bonds is 3. The number of hydrogen-bond donors (Lipinski definition) is 1. The first-order chi connectivity index (χ1) is 7.50. The molecule has 1 amide bonds. The summed E-state index contributed by atoms with van der Waals surface area (Å²) in [4.78, 5) is 25.5. The highest BCUT2D eigenvalue weighted by Crippen LogP contribution is 2.21. The Balaban J connectivity index is 0.00000256. The molecule has 1 rings (SSSR count). The van der Waals surface area contributed by atoms with Crippen molar-refractivity contribution < 1.29 is 14.3 Å². The van der Waals surface area contributed by atoms with Gasteiger partial charge in [0.25, 0.3) is 0 Å². The van der Waals surface area contributed by atoms with Crippen LogP contribution in [0.15, 0.2) is 0 Å². The Bertz CT molecular complexity index is 276. The highest BCUT2D eigenvalue weighted by molar-refractivity contribution is 6.01. The van der Waals surface area contributed by atoms with Gasteiger partial charge in [-0.05, 0) is 20.8 Å². The number of amides is 1. The van der Waals surface area contributed by atoms with Crippen molar-refractivity contribution in [2.24, 2.45) is 5.41 Å². The first-order valence-corrected chi connectivity index (χ1v) is 5.67. The molecule has 1 aliphatic rings. The molecule has 0 atom stereocenters. The molecule has 1 fully saturated rings. The van der Waals surface area contributed by atoms with Gasteiger partial charge < -0.3 is 15.0 Å². The van der Waals surface area contributed by atoms with Crippen molar-refractivity contribution in [2.75, 3.05) is 32.8 Å². The van der Waals surface area contributed by atoms with Crippen molar-refractivity contribution in [3.05, 3.63) is 0 Å². The topological polar surface area (TPSA) is 58.6 Å².